The molecule has 3 rings (SSSR count). The molecule has 134 valence electrons. The Hall–Kier alpha value is -2.67. The predicted molar refractivity (Wildman–Crippen MR) is 97.5 cm³/mol. The normalized spacial score (nSPS) is 15.2. The van der Waals surface area contributed by atoms with Crippen LogP contribution < -0.4 is 5.32 Å². The van der Waals surface area contributed by atoms with Crippen LogP contribution in [0, 0.1) is 0 Å². The molecule has 6 nitrogen and oxygen atoms in total. The lowest BCUT2D eigenvalue weighted by Crippen LogP contribution is -2.34. The van der Waals surface area contributed by atoms with Crippen LogP contribution >= 0.6 is 11.6 Å². The van der Waals surface area contributed by atoms with Crippen LogP contribution in [0.3, 0.4) is 0 Å². The molecular formula is C19H17ClN2O4. The Morgan fingerprint density at radius 3 is 2.54 bits per heavy atom. The van der Waals surface area contributed by atoms with Gasteiger partial charge in [-0.25, -0.2) is 0 Å². The Labute approximate surface area is 155 Å². The summed E-state index contributed by atoms with van der Waals surface area (Å²) in [6, 6.07) is 13.9. The first kappa shape index (κ1) is 18.1. The Morgan fingerprint density at radius 2 is 1.85 bits per heavy atom. The third-order valence-electron chi connectivity index (χ3n) is 4.03. The van der Waals surface area contributed by atoms with Crippen molar-refractivity contribution in [2.45, 2.75) is 6.10 Å². The fourth-order valence-electron chi connectivity index (χ4n) is 2.74. The van der Waals surface area contributed by atoms with Gasteiger partial charge in [0.05, 0.1) is 13.2 Å². The highest BCUT2D eigenvalue weighted by atomic mass is 35.5. The van der Waals surface area contributed by atoms with Gasteiger partial charge in [0.2, 0.25) is 0 Å². The van der Waals surface area contributed by atoms with E-state index in [9.17, 15) is 14.7 Å². The smallest absolute Gasteiger partial charge is 0.277 e. The summed E-state index contributed by atoms with van der Waals surface area (Å²) in [6.45, 7) is -0.378. The van der Waals surface area contributed by atoms with E-state index in [2.05, 4.69) is 5.32 Å². The molecule has 0 saturated heterocycles. The number of benzene rings is 2. The van der Waals surface area contributed by atoms with E-state index in [4.69, 9.17) is 16.7 Å². The summed E-state index contributed by atoms with van der Waals surface area (Å²) >= 11 is 6.07. The number of imide groups is 1. The Bertz CT molecular complexity index is 867. The van der Waals surface area contributed by atoms with E-state index in [0.29, 0.717) is 21.8 Å². The van der Waals surface area contributed by atoms with E-state index >= 15 is 0 Å². The van der Waals surface area contributed by atoms with Gasteiger partial charge in [-0.15, -0.1) is 0 Å². The lowest BCUT2D eigenvalue weighted by atomic mass is 10.00. The monoisotopic (exact) mass is 372 g/mol. The van der Waals surface area contributed by atoms with Crippen LogP contribution in [-0.2, 0) is 9.59 Å². The van der Waals surface area contributed by atoms with Gasteiger partial charge < -0.3 is 15.5 Å². The van der Waals surface area contributed by atoms with Crippen molar-refractivity contribution in [1.82, 2.24) is 4.90 Å². The van der Waals surface area contributed by atoms with Crippen LogP contribution in [0.5, 0.6) is 0 Å². The SMILES string of the molecule is O=C1C=C(Nc2ccc(Cl)cc2C(O)c2ccccc2)C(=O)N1CCO. The maximum Gasteiger partial charge on any atom is 0.277 e. The van der Waals surface area contributed by atoms with Crippen molar-refractivity contribution >= 4 is 29.1 Å². The molecule has 2 amide bonds. The molecule has 1 aliphatic rings. The van der Waals surface area contributed by atoms with Gasteiger partial charge in [-0.05, 0) is 23.8 Å². The molecule has 1 heterocycles. The molecule has 0 fully saturated rings. The minimum Gasteiger partial charge on any atom is -0.395 e. The lowest BCUT2D eigenvalue weighted by Gasteiger charge is -2.18. The molecule has 0 bridgehead atoms. The first-order valence-electron chi connectivity index (χ1n) is 7.99. The van der Waals surface area contributed by atoms with Gasteiger partial charge in [-0.2, -0.15) is 0 Å². The summed E-state index contributed by atoms with van der Waals surface area (Å²) in [5.74, 6) is -1.02. The minimum absolute atomic E-state index is 0.0700. The van der Waals surface area contributed by atoms with Gasteiger partial charge in [0.1, 0.15) is 11.8 Å². The third-order valence-corrected chi connectivity index (χ3v) is 4.26. The Kier molecular flexibility index (Phi) is 5.37. The molecular weight excluding hydrogens is 356 g/mol. The topological polar surface area (TPSA) is 89.9 Å². The van der Waals surface area contributed by atoms with E-state index < -0.39 is 17.9 Å². The van der Waals surface area contributed by atoms with Gasteiger partial charge in [0, 0.05) is 22.3 Å². The van der Waals surface area contributed by atoms with Crippen molar-refractivity contribution < 1.29 is 19.8 Å². The number of halogens is 1. The van der Waals surface area contributed by atoms with Crippen LogP contribution in [0.15, 0.2) is 60.3 Å². The minimum atomic E-state index is -0.959. The fourth-order valence-corrected chi connectivity index (χ4v) is 2.92. The summed E-state index contributed by atoms with van der Waals surface area (Å²) in [6.07, 6.45) is 0.212. The van der Waals surface area contributed by atoms with Crippen molar-refractivity contribution in [2.75, 3.05) is 18.5 Å². The van der Waals surface area contributed by atoms with Crippen molar-refractivity contribution in [3.05, 3.63) is 76.5 Å². The number of rotatable bonds is 6. The number of aliphatic hydroxyl groups excluding tert-OH is 2. The average molecular weight is 373 g/mol. The molecule has 0 radical (unpaired) electrons. The third kappa shape index (κ3) is 3.62. The number of aliphatic hydroxyl groups is 2. The van der Waals surface area contributed by atoms with Crippen molar-refractivity contribution in [3.63, 3.8) is 0 Å². The fraction of sp³-hybridized carbons (Fsp3) is 0.158. The average Bonchev–Trinajstić information content (AvgIpc) is 2.91. The quantitative estimate of drug-likeness (QED) is 0.675. The maximum absolute atomic E-state index is 12.3. The standard InChI is InChI=1S/C19H17ClN2O4/c20-13-6-7-15(14(10-13)18(25)12-4-2-1-3-5-12)21-16-11-17(24)22(8-9-23)19(16)26/h1-7,10-11,18,21,23,25H,8-9H2. The van der Waals surface area contributed by atoms with E-state index in [-0.39, 0.29) is 18.8 Å². The van der Waals surface area contributed by atoms with Gasteiger partial charge in [-0.1, -0.05) is 41.9 Å². The number of hydrogen-bond donors (Lipinski definition) is 3. The van der Waals surface area contributed by atoms with Crippen molar-refractivity contribution in [3.8, 4) is 0 Å². The second kappa shape index (κ2) is 7.70. The summed E-state index contributed by atoms with van der Waals surface area (Å²) in [5, 5.41) is 23.0. The number of carbonyl (C=O) groups is 2. The van der Waals surface area contributed by atoms with Crippen LogP contribution in [0.1, 0.15) is 17.2 Å². The zero-order valence-electron chi connectivity index (χ0n) is 13.7. The van der Waals surface area contributed by atoms with Gasteiger partial charge in [-0.3, -0.25) is 14.5 Å². The first-order chi connectivity index (χ1) is 12.5. The molecule has 0 aliphatic carbocycles. The number of β-amino-alcohol motifs (C(OH)–C–C–N with tert-alkyl or cyclic N) is 1. The van der Waals surface area contributed by atoms with E-state index in [1.54, 1.807) is 30.3 Å². The van der Waals surface area contributed by atoms with Gasteiger partial charge in [0.25, 0.3) is 11.8 Å². The summed E-state index contributed by atoms with van der Waals surface area (Å²) in [7, 11) is 0. The highest BCUT2D eigenvalue weighted by molar-refractivity contribution is 6.30. The summed E-state index contributed by atoms with van der Waals surface area (Å²) < 4.78 is 0. The van der Waals surface area contributed by atoms with Gasteiger partial charge in [0.15, 0.2) is 0 Å². The first-order valence-corrected chi connectivity index (χ1v) is 8.37. The summed E-state index contributed by atoms with van der Waals surface area (Å²) in [4.78, 5) is 25.1. The number of hydrogen-bond acceptors (Lipinski definition) is 5. The molecule has 3 N–H and O–H groups in total. The second-order valence-corrected chi connectivity index (χ2v) is 6.18. The molecule has 1 aliphatic heterocycles. The van der Waals surface area contributed by atoms with Crippen LogP contribution in [-0.4, -0.2) is 40.1 Å². The van der Waals surface area contributed by atoms with Gasteiger partial charge >= 0.3 is 0 Å². The number of amides is 2. The Balaban J connectivity index is 1.91. The molecule has 0 aromatic heterocycles. The van der Waals surface area contributed by atoms with Crippen molar-refractivity contribution in [2.24, 2.45) is 0 Å². The summed E-state index contributed by atoms with van der Waals surface area (Å²) in [5.41, 5.74) is 1.68. The highest BCUT2D eigenvalue weighted by Gasteiger charge is 2.31. The maximum atomic E-state index is 12.3. The molecule has 0 spiro atoms. The van der Waals surface area contributed by atoms with E-state index in [0.717, 1.165) is 4.90 Å². The molecule has 2 aromatic carbocycles. The predicted octanol–water partition coefficient (Wildman–Crippen LogP) is 2.08. The number of carbonyl (C=O) groups excluding carboxylic acids is 2. The molecule has 26 heavy (non-hydrogen) atoms. The zero-order chi connectivity index (χ0) is 18.7. The van der Waals surface area contributed by atoms with Crippen LogP contribution in [0.4, 0.5) is 5.69 Å². The van der Waals surface area contributed by atoms with Crippen molar-refractivity contribution in [1.29, 1.82) is 0 Å². The largest absolute Gasteiger partial charge is 0.395 e. The molecule has 2 aromatic rings. The highest BCUT2D eigenvalue weighted by Crippen LogP contribution is 2.32. The number of anilines is 1. The molecule has 0 saturated carbocycles. The lowest BCUT2D eigenvalue weighted by molar-refractivity contribution is -0.137. The van der Waals surface area contributed by atoms with E-state index in [1.807, 2.05) is 18.2 Å². The second-order valence-electron chi connectivity index (χ2n) is 5.75. The van der Waals surface area contributed by atoms with E-state index in [1.165, 1.54) is 6.08 Å². The molecule has 1 unspecified atom stereocenters. The number of nitrogens with zero attached hydrogens (tertiary/aromatic N) is 1. The Morgan fingerprint density at radius 1 is 1.12 bits per heavy atom. The molecule has 1 atom stereocenters. The van der Waals surface area contributed by atoms with Crippen LogP contribution in [0.2, 0.25) is 5.02 Å². The zero-order valence-corrected chi connectivity index (χ0v) is 14.5. The number of nitrogens with one attached hydrogen (secondary N) is 1. The van der Waals surface area contributed by atoms with Crippen LogP contribution in [0.25, 0.3) is 0 Å². The molecule has 7 heteroatoms.